The Bertz CT molecular complexity index is 562. The van der Waals surface area contributed by atoms with E-state index in [0.717, 1.165) is 17.7 Å². The molecule has 0 bridgehead atoms. The predicted molar refractivity (Wildman–Crippen MR) is 104 cm³/mol. The summed E-state index contributed by atoms with van der Waals surface area (Å²) in [5.74, 6) is 0.165. The molecule has 130 valence electrons. The van der Waals surface area contributed by atoms with E-state index in [9.17, 15) is 4.79 Å². The Morgan fingerprint density at radius 1 is 1.33 bits per heavy atom. The third-order valence-electron chi connectivity index (χ3n) is 5.80. The summed E-state index contributed by atoms with van der Waals surface area (Å²) in [6.45, 7) is 12.3. The second kappa shape index (κ2) is 7.90. The number of hydrogen-bond donors (Lipinski definition) is 0. The number of carbonyl (C=O) groups is 1. The fraction of sp³-hybridized carbons (Fsp3) is 0.632. The molecule has 1 aliphatic rings. The van der Waals surface area contributed by atoms with E-state index in [0.29, 0.717) is 0 Å². The van der Waals surface area contributed by atoms with Gasteiger partial charge in [0, 0.05) is 12.2 Å². The Labute approximate surface area is 143 Å². The first-order valence-electron chi connectivity index (χ1n) is 9.00. The predicted octanol–water partition coefficient (Wildman–Crippen LogP) is 4.97. The first-order valence-corrected chi connectivity index (χ1v) is 14.9. The smallest absolute Gasteiger partial charge is 0.192 e. The van der Waals surface area contributed by atoms with Crippen LogP contribution in [0, 0.1) is 0 Å². The molecule has 2 nitrogen and oxygen atoms in total. The first kappa shape index (κ1) is 20.3. The summed E-state index contributed by atoms with van der Waals surface area (Å²) in [7, 11) is -3.13. The van der Waals surface area contributed by atoms with Gasteiger partial charge in [-0.3, -0.25) is 4.79 Å². The molecule has 1 aromatic rings. The molecule has 2 rings (SSSR count). The van der Waals surface area contributed by atoms with E-state index >= 15 is 0 Å². The third kappa shape index (κ3) is 4.65. The van der Waals surface area contributed by atoms with Gasteiger partial charge in [-0.2, -0.15) is 0 Å². The van der Waals surface area contributed by atoms with Crippen LogP contribution >= 0.6 is 0 Å². The van der Waals surface area contributed by atoms with Crippen molar-refractivity contribution in [3.05, 3.63) is 29.8 Å². The maximum absolute atomic E-state index is 11.7. The van der Waals surface area contributed by atoms with Gasteiger partial charge in [0.1, 0.15) is 0 Å². The van der Waals surface area contributed by atoms with E-state index in [4.69, 9.17) is 4.43 Å². The zero-order chi connectivity index (χ0) is 17.1. The number of Topliss-reactive ketones (excluding diaryl/α,β-unsaturated/α-hetero) is 1. The molecule has 0 amide bonds. The van der Waals surface area contributed by atoms with Gasteiger partial charge in [0.05, 0.1) is 8.07 Å². The molecule has 0 spiro atoms. The van der Waals surface area contributed by atoms with Crippen molar-refractivity contribution in [1.29, 1.82) is 0 Å². The molecular formula is C19H32O2RfSi2. The maximum Gasteiger partial charge on any atom is 0.192 e. The Kier molecular flexibility index (Phi) is 6.70. The minimum Gasteiger partial charge on any atom is -0.417 e. The second-order valence-electron chi connectivity index (χ2n) is 8.08. The third-order valence-corrected chi connectivity index (χ3v) is 14.2. The minimum absolute atomic E-state index is 0. The normalized spacial score (nSPS) is 24.8. The fourth-order valence-electron chi connectivity index (χ4n) is 3.49. The van der Waals surface area contributed by atoms with Crippen LogP contribution in [0.2, 0.25) is 37.3 Å². The topological polar surface area (TPSA) is 26.3 Å². The monoisotopic (exact) mass is 615 g/mol. The molecule has 2 unspecified atom stereocenters. The quantitative estimate of drug-likeness (QED) is 0.346. The summed E-state index contributed by atoms with van der Waals surface area (Å²) in [5.41, 5.74) is 1.61. The number of rotatable bonds is 5. The molecule has 0 aliphatic carbocycles. The summed E-state index contributed by atoms with van der Waals surface area (Å²) < 4.78 is 6.40. The van der Waals surface area contributed by atoms with Crippen molar-refractivity contribution in [2.24, 2.45) is 0 Å². The molecule has 1 heterocycles. The van der Waals surface area contributed by atoms with Crippen molar-refractivity contribution in [3.63, 3.8) is 0 Å². The number of hydrogen-bond acceptors (Lipinski definition) is 2. The van der Waals surface area contributed by atoms with Gasteiger partial charge in [0.15, 0.2) is 14.1 Å². The van der Waals surface area contributed by atoms with Gasteiger partial charge in [0.25, 0.3) is 0 Å². The molecule has 0 aromatic heterocycles. The van der Waals surface area contributed by atoms with Gasteiger partial charge in [-0.05, 0) is 31.5 Å². The molecular weight excluding hydrogens is 583 g/mol. The van der Waals surface area contributed by atoms with Gasteiger partial charge in [-0.1, -0.05) is 68.4 Å². The largest absolute Gasteiger partial charge is 0.417 e. The van der Waals surface area contributed by atoms with Crippen LogP contribution < -0.4 is 5.19 Å². The molecule has 0 radical (unpaired) electrons. The SMILES string of the molecule is CC(=O)c1cccc([Si](C)(C)CC[Si]2(C)OCCCCC2C)c1.[Rf]. The van der Waals surface area contributed by atoms with Crippen LogP contribution in [0.1, 0.15) is 43.5 Å². The molecule has 0 saturated carbocycles. The molecule has 2 atom stereocenters. The van der Waals surface area contributed by atoms with Crippen LogP contribution in [0.25, 0.3) is 0 Å². The van der Waals surface area contributed by atoms with Crippen LogP contribution in [0.5, 0.6) is 0 Å². The van der Waals surface area contributed by atoms with Crippen LogP contribution in [0.4, 0.5) is 0 Å². The van der Waals surface area contributed by atoms with Gasteiger partial charge >= 0.3 is 0 Å². The molecule has 1 aromatic carbocycles. The fourth-order valence-corrected chi connectivity index (χ4v) is 11.7. The Balaban J connectivity index is 0.00000288. The molecule has 24 heavy (non-hydrogen) atoms. The number of ketones is 1. The molecule has 0 N–H and O–H groups in total. The van der Waals surface area contributed by atoms with Crippen LogP contribution in [0.15, 0.2) is 24.3 Å². The van der Waals surface area contributed by atoms with Crippen molar-refractivity contribution in [2.45, 2.75) is 70.4 Å². The summed E-state index contributed by atoms with van der Waals surface area (Å²) in [5, 5.41) is 1.41. The van der Waals surface area contributed by atoms with E-state index in [1.807, 2.05) is 12.1 Å². The average Bonchev–Trinajstić information content (AvgIpc) is 2.68. The van der Waals surface area contributed by atoms with Crippen molar-refractivity contribution < 1.29 is 9.22 Å². The number of carbonyl (C=O) groups excluding carboxylic acids is 1. The number of benzene rings is 1. The zero-order valence-corrected chi connectivity index (χ0v) is 24.6. The Morgan fingerprint density at radius 3 is 2.71 bits per heavy atom. The van der Waals surface area contributed by atoms with E-state index < -0.39 is 16.4 Å². The first-order chi connectivity index (χ1) is 10.7. The van der Waals surface area contributed by atoms with Crippen molar-refractivity contribution in [2.75, 3.05) is 6.61 Å². The summed E-state index contributed by atoms with van der Waals surface area (Å²) in [6, 6.07) is 10.9. The van der Waals surface area contributed by atoms with E-state index in [1.165, 1.54) is 36.5 Å². The van der Waals surface area contributed by atoms with Crippen molar-refractivity contribution >= 4 is 27.4 Å². The summed E-state index contributed by atoms with van der Waals surface area (Å²) >= 11 is 0. The standard InChI is InChI=1S/C19H32O2Si2.Rf/c1-16-9-6-7-12-21-23(16,5)14-13-22(3,4)19-11-8-10-18(15-19)17(2)20;/h8,10-11,15-16H,6-7,9,12-14H2,1-5H3;. The van der Waals surface area contributed by atoms with Gasteiger partial charge in [0.2, 0.25) is 0 Å². The van der Waals surface area contributed by atoms with E-state index in [-0.39, 0.29) is 5.78 Å². The van der Waals surface area contributed by atoms with Crippen molar-refractivity contribution in [3.8, 4) is 0 Å². The Morgan fingerprint density at radius 2 is 2.04 bits per heavy atom. The van der Waals surface area contributed by atoms with Crippen LogP contribution in [-0.4, -0.2) is 28.8 Å². The molecule has 1 saturated heterocycles. The molecule has 1 aliphatic heterocycles. The van der Waals surface area contributed by atoms with Gasteiger partial charge in [-0.15, -0.1) is 0 Å². The van der Waals surface area contributed by atoms with Crippen LogP contribution in [-0.2, 0) is 4.43 Å². The molecule has 1 fully saturated rings. The Hall–Kier alpha value is -1.72. The van der Waals surface area contributed by atoms with E-state index in [2.05, 4.69) is 38.7 Å². The zero-order valence-electron chi connectivity index (χ0n) is 16.2. The summed E-state index contributed by atoms with van der Waals surface area (Å²) in [6.07, 6.45) is 3.89. The summed E-state index contributed by atoms with van der Waals surface area (Å²) in [4.78, 5) is 11.7. The maximum atomic E-state index is 11.7. The van der Waals surface area contributed by atoms with Gasteiger partial charge < -0.3 is 4.43 Å². The molecule has 5 heteroatoms. The minimum atomic E-state index is -1.60. The average molecular weight is 616 g/mol. The second-order valence-corrected chi connectivity index (χ2v) is 17.3. The van der Waals surface area contributed by atoms with Gasteiger partial charge in [-0.25, -0.2) is 0 Å². The van der Waals surface area contributed by atoms with Crippen LogP contribution in [0.3, 0.4) is 0 Å². The van der Waals surface area contributed by atoms with Crippen molar-refractivity contribution in [1.82, 2.24) is 0 Å². The van der Waals surface area contributed by atoms with E-state index in [1.54, 1.807) is 6.92 Å².